The molecule has 0 aliphatic carbocycles. The first-order chi connectivity index (χ1) is 12.2. The molecule has 3 aromatic rings. The highest BCUT2D eigenvalue weighted by Gasteiger charge is 2.23. The van der Waals surface area contributed by atoms with Crippen molar-refractivity contribution >= 4 is 28.4 Å². The van der Waals surface area contributed by atoms with E-state index in [1.165, 1.54) is 0 Å². The maximum absolute atomic E-state index is 12.7. The van der Waals surface area contributed by atoms with Gasteiger partial charge < -0.3 is 9.42 Å². The molecule has 1 amide bonds. The lowest BCUT2D eigenvalue weighted by atomic mass is 10.2. The van der Waals surface area contributed by atoms with Crippen LogP contribution in [0, 0.1) is 0 Å². The lowest BCUT2D eigenvalue weighted by Gasteiger charge is -2.34. The van der Waals surface area contributed by atoms with Gasteiger partial charge in [0.25, 0.3) is 5.91 Å². The molecule has 1 aromatic carbocycles. The monoisotopic (exact) mass is 356 g/mol. The zero-order valence-corrected chi connectivity index (χ0v) is 14.3. The molecule has 4 rings (SSSR count). The summed E-state index contributed by atoms with van der Waals surface area (Å²) in [7, 11) is 0. The number of aromatic nitrogens is 2. The first-order valence-electron chi connectivity index (χ1n) is 8.16. The van der Waals surface area contributed by atoms with Gasteiger partial charge in [-0.05, 0) is 18.2 Å². The Morgan fingerprint density at radius 2 is 1.92 bits per heavy atom. The second-order valence-electron chi connectivity index (χ2n) is 6.09. The van der Waals surface area contributed by atoms with Crippen LogP contribution < -0.4 is 0 Å². The summed E-state index contributed by atoms with van der Waals surface area (Å²) in [6.07, 6.45) is 1.58. The van der Waals surface area contributed by atoms with Gasteiger partial charge in [-0.1, -0.05) is 28.9 Å². The molecular weight excluding hydrogens is 340 g/mol. The second kappa shape index (κ2) is 6.82. The zero-order valence-electron chi connectivity index (χ0n) is 13.6. The van der Waals surface area contributed by atoms with E-state index in [0.717, 1.165) is 36.2 Å². The fraction of sp³-hybridized carbons (Fsp3) is 0.278. The number of carbonyl (C=O) groups is 1. The van der Waals surface area contributed by atoms with Crippen molar-refractivity contribution in [2.75, 3.05) is 26.2 Å². The smallest absolute Gasteiger partial charge is 0.272 e. The highest BCUT2D eigenvalue weighted by molar-refractivity contribution is 6.31. The first-order valence-corrected chi connectivity index (χ1v) is 8.54. The minimum atomic E-state index is -0.0389. The molecule has 1 fully saturated rings. The van der Waals surface area contributed by atoms with Crippen LogP contribution in [0.5, 0.6) is 0 Å². The van der Waals surface area contributed by atoms with E-state index in [2.05, 4.69) is 15.0 Å². The number of amides is 1. The molecule has 3 heterocycles. The number of rotatable bonds is 3. The van der Waals surface area contributed by atoms with Gasteiger partial charge in [-0.2, -0.15) is 0 Å². The number of hydrogen-bond acceptors (Lipinski definition) is 5. The zero-order chi connectivity index (χ0) is 17.2. The summed E-state index contributed by atoms with van der Waals surface area (Å²) in [5, 5.41) is 5.52. The molecule has 0 N–H and O–H groups in total. The molecule has 0 saturated carbocycles. The largest absolute Gasteiger partial charge is 0.364 e. The Hall–Kier alpha value is -2.44. The number of nitrogens with zero attached hydrogens (tertiary/aromatic N) is 4. The van der Waals surface area contributed by atoms with Crippen molar-refractivity contribution in [1.29, 1.82) is 0 Å². The summed E-state index contributed by atoms with van der Waals surface area (Å²) in [6.45, 7) is 3.69. The minimum Gasteiger partial charge on any atom is -0.364 e. The number of fused-ring (bicyclic) bond motifs is 1. The Kier molecular flexibility index (Phi) is 4.38. The van der Waals surface area contributed by atoms with Crippen LogP contribution >= 0.6 is 11.6 Å². The molecule has 0 atom stereocenters. The summed E-state index contributed by atoms with van der Waals surface area (Å²) in [5.41, 5.74) is 2.11. The summed E-state index contributed by atoms with van der Waals surface area (Å²) in [4.78, 5) is 21.3. The molecule has 0 radical (unpaired) electrons. The molecule has 0 spiro atoms. The molecule has 25 heavy (non-hydrogen) atoms. The van der Waals surface area contributed by atoms with E-state index < -0.39 is 0 Å². The van der Waals surface area contributed by atoms with Crippen LogP contribution in [0.1, 0.15) is 16.2 Å². The van der Waals surface area contributed by atoms with E-state index in [9.17, 15) is 4.79 Å². The number of hydrogen-bond donors (Lipinski definition) is 0. The van der Waals surface area contributed by atoms with Crippen LogP contribution in [0.4, 0.5) is 0 Å². The van der Waals surface area contributed by atoms with E-state index >= 15 is 0 Å². The quantitative estimate of drug-likeness (QED) is 0.722. The van der Waals surface area contributed by atoms with E-state index in [1.807, 2.05) is 29.2 Å². The number of pyridine rings is 1. The third-order valence-electron chi connectivity index (χ3n) is 4.41. The van der Waals surface area contributed by atoms with Gasteiger partial charge in [-0.3, -0.25) is 9.69 Å². The molecule has 0 unspecified atom stereocenters. The average molecular weight is 357 g/mol. The Labute approximate surface area is 150 Å². The molecular formula is C18H17ClN4O2. The van der Waals surface area contributed by atoms with Crippen molar-refractivity contribution in [3.63, 3.8) is 0 Å². The van der Waals surface area contributed by atoms with E-state index in [-0.39, 0.29) is 5.91 Å². The fourth-order valence-corrected chi connectivity index (χ4v) is 3.20. The number of halogens is 1. The third-order valence-corrected chi connectivity index (χ3v) is 4.64. The van der Waals surface area contributed by atoms with E-state index in [4.69, 9.17) is 16.1 Å². The van der Waals surface area contributed by atoms with Crippen LogP contribution in [0.25, 0.3) is 10.9 Å². The lowest BCUT2D eigenvalue weighted by Crippen LogP contribution is -2.48. The average Bonchev–Trinajstić information content (AvgIpc) is 3.14. The number of piperazine rings is 1. The molecule has 7 heteroatoms. The highest BCUT2D eigenvalue weighted by atomic mass is 35.5. The van der Waals surface area contributed by atoms with Crippen molar-refractivity contribution in [1.82, 2.24) is 19.9 Å². The molecule has 0 bridgehead atoms. The molecule has 1 aliphatic heterocycles. The normalized spacial score (nSPS) is 15.6. The fourth-order valence-electron chi connectivity index (χ4n) is 3.03. The van der Waals surface area contributed by atoms with Gasteiger partial charge >= 0.3 is 0 Å². The molecule has 2 aromatic heterocycles. The summed E-state index contributed by atoms with van der Waals surface area (Å²) >= 11 is 6.02. The number of benzene rings is 1. The highest BCUT2D eigenvalue weighted by Crippen LogP contribution is 2.19. The van der Waals surface area contributed by atoms with Crippen molar-refractivity contribution in [2.45, 2.75) is 6.54 Å². The lowest BCUT2D eigenvalue weighted by molar-refractivity contribution is 0.0620. The van der Waals surface area contributed by atoms with Crippen LogP contribution in [0.15, 0.2) is 47.2 Å². The Morgan fingerprint density at radius 3 is 2.68 bits per heavy atom. The van der Waals surface area contributed by atoms with Gasteiger partial charge in [0.15, 0.2) is 0 Å². The summed E-state index contributed by atoms with van der Waals surface area (Å²) in [6, 6.07) is 11.1. The van der Waals surface area contributed by atoms with Gasteiger partial charge in [0.1, 0.15) is 12.0 Å². The van der Waals surface area contributed by atoms with Crippen molar-refractivity contribution in [2.24, 2.45) is 0 Å². The van der Waals surface area contributed by atoms with Gasteiger partial charge in [0, 0.05) is 49.2 Å². The molecule has 1 aliphatic rings. The summed E-state index contributed by atoms with van der Waals surface area (Å²) in [5.74, 6) is -0.0389. The van der Waals surface area contributed by atoms with Gasteiger partial charge in [-0.25, -0.2) is 4.98 Å². The van der Waals surface area contributed by atoms with Gasteiger partial charge in [0.05, 0.1) is 11.2 Å². The Balaban J connectivity index is 1.43. The molecule has 1 saturated heterocycles. The van der Waals surface area contributed by atoms with Crippen LogP contribution in [0.2, 0.25) is 5.02 Å². The van der Waals surface area contributed by atoms with Crippen molar-refractivity contribution < 1.29 is 9.32 Å². The standard InChI is InChI=1S/C18H17ClN4O2/c19-14-3-1-13-2-4-16(20-17(13)11-14)18(24)23-8-6-22(7-9-23)12-15-5-10-25-21-15/h1-5,10-11H,6-9,12H2. The van der Waals surface area contributed by atoms with Crippen molar-refractivity contribution in [3.05, 3.63) is 59.1 Å². The third kappa shape index (κ3) is 3.50. The molecule has 6 nitrogen and oxygen atoms in total. The Morgan fingerprint density at radius 1 is 1.12 bits per heavy atom. The predicted octanol–water partition coefficient (Wildman–Crippen LogP) is 2.83. The SMILES string of the molecule is O=C(c1ccc2ccc(Cl)cc2n1)N1CCN(Cc2ccon2)CC1. The maximum Gasteiger partial charge on any atom is 0.272 e. The molecule has 128 valence electrons. The van der Waals surface area contributed by atoms with Crippen LogP contribution in [-0.4, -0.2) is 52.0 Å². The van der Waals surface area contributed by atoms with Crippen LogP contribution in [-0.2, 0) is 6.54 Å². The van der Waals surface area contributed by atoms with Gasteiger partial charge in [-0.15, -0.1) is 0 Å². The minimum absolute atomic E-state index is 0.0389. The van der Waals surface area contributed by atoms with E-state index in [1.54, 1.807) is 18.4 Å². The topological polar surface area (TPSA) is 62.5 Å². The van der Waals surface area contributed by atoms with E-state index in [0.29, 0.717) is 23.8 Å². The summed E-state index contributed by atoms with van der Waals surface area (Å²) < 4.78 is 4.86. The Bertz CT molecular complexity index is 889. The first kappa shape index (κ1) is 16.1. The van der Waals surface area contributed by atoms with Crippen molar-refractivity contribution in [3.8, 4) is 0 Å². The predicted molar refractivity (Wildman–Crippen MR) is 94.4 cm³/mol. The number of carbonyl (C=O) groups excluding carboxylic acids is 1. The maximum atomic E-state index is 12.7. The van der Waals surface area contributed by atoms with Gasteiger partial charge in [0.2, 0.25) is 0 Å². The van der Waals surface area contributed by atoms with Crippen LogP contribution in [0.3, 0.4) is 0 Å². The second-order valence-corrected chi connectivity index (χ2v) is 6.53.